The lowest BCUT2D eigenvalue weighted by Crippen LogP contribution is -2.02. The first-order valence-corrected chi connectivity index (χ1v) is 6.21. The van der Waals surface area contributed by atoms with Crippen molar-refractivity contribution in [1.29, 1.82) is 0 Å². The van der Waals surface area contributed by atoms with Crippen LogP contribution in [0.4, 0.5) is 4.39 Å². The van der Waals surface area contributed by atoms with E-state index in [1.165, 1.54) is 12.1 Å². The molecule has 17 heavy (non-hydrogen) atoms. The third-order valence-corrected chi connectivity index (χ3v) is 3.06. The lowest BCUT2D eigenvalue weighted by Gasteiger charge is -2.03. The first-order chi connectivity index (χ1) is 8.06. The molecule has 0 saturated heterocycles. The minimum Gasteiger partial charge on any atom is -0.289 e. The van der Waals surface area contributed by atoms with Crippen molar-refractivity contribution < 1.29 is 9.18 Å². The standard InChI is InChI=1S/C14H10FIO/c1-9-5-11(7-12(15)6-9)14(17)10-3-2-4-13(16)8-10/h2-8H,1H3. The average Bonchev–Trinajstić information content (AvgIpc) is 2.26. The second-order valence-corrected chi connectivity index (χ2v) is 5.10. The van der Waals surface area contributed by atoms with E-state index in [1.807, 2.05) is 12.1 Å². The Bertz CT molecular complexity index is 558. The van der Waals surface area contributed by atoms with Crippen LogP contribution in [0.25, 0.3) is 0 Å². The Kier molecular flexibility index (Phi) is 3.57. The second-order valence-electron chi connectivity index (χ2n) is 3.86. The van der Waals surface area contributed by atoms with Crippen LogP contribution in [-0.2, 0) is 0 Å². The maximum atomic E-state index is 13.2. The van der Waals surface area contributed by atoms with Gasteiger partial charge in [0.2, 0.25) is 0 Å². The monoisotopic (exact) mass is 340 g/mol. The molecule has 0 unspecified atom stereocenters. The van der Waals surface area contributed by atoms with Gasteiger partial charge in [-0.05, 0) is 65.4 Å². The smallest absolute Gasteiger partial charge is 0.193 e. The molecule has 0 spiro atoms. The van der Waals surface area contributed by atoms with Gasteiger partial charge in [0.25, 0.3) is 0 Å². The number of hydrogen-bond donors (Lipinski definition) is 0. The van der Waals surface area contributed by atoms with E-state index < -0.39 is 0 Å². The largest absolute Gasteiger partial charge is 0.289 e. The van der Waals surface area contributed by atoms with E-state index in [9.17, 15) is 9.18 Å². The minimum atomic E-state index is -0.376. The predicted octanol–water partition coefficient (Wildman–Crippen LogP) is 3.97. The molecule has 0 bridgehead atoms. The molecule has 0 atom stereocenters. The van der Waals surface area contributed by atoms with Crippen LogP contribution in [0.5, 0.6) is 0 Å². The molecule has 0 aliphatic heterocycles. The Labute approximate surface area is 113 Å². The zero-order chi connectivity index (χ0) is 12.4. The summed E-state index contributed by atoms with van der Waals surface area (Å²) in [6.45, 7) is 1.77. The molecule has 2 aromatic carbocycles. The number of benzene rings is 2. The Morgan fingerprint density at radius 2 is 1.88 bits per heavy atom. The van der Waals surface area contributed by atoms with Crippen molar-refractivity contribution in [2.75, 3.05) is 0 Å². The fourth-order valence-corrected chi connectivity index (χ4v) is 2.21. The van der Waals surface area contributed by atoms with E-state index >= 15 is 0 Å². The highest BCUT2D eigenvalue weighted by Gasteiger charge is 2.10. The molecule has 86 valence electrons. The Hall–Kier alpha value is -1.23. The van der Waals surface area contributed by atoms with Crippen LogP contribution in [-0.4, -0.2) is 5.78 Å². The minimum absolute atomic E-state index is 0.147. The summed E-state index contributed by atoms with van der Waals surface area (Å²) in [4.78, 5) is 12.1. The Morgan fingerprint density at radius 3 is 2.53 bits per heavy atom. The highest BCUT2D eigenvalue weighted by atomic mass is 127. The van der Waals surface area contributed by atoms with Crippen molar-refractivity contribution in [2.24, 2.45) is 0 Å². The van der Waals surface area contributed by atoms with Gasteiger partial charge in [0, 0.05) is 14.7 Å². The third-order valence-electron chi connectivity index (χ3n) is 2.39. The van der Waals surface area contributed by atoms with Gasteiger partial charge in [-0.1, -0.05) is 12.1 Å². The Balaban J connectivity index is 2.43. The molecule has 2 rings (SSSR count). The molecule has 0 heterocycles. The highest BCUT2D eigenvalue weighted by Crippen LogP contribution is 2.15. The van der Waals surface area contributed by atoms with Crippen molar-refractivity contribution in [3.8, 4) is 0 Å². The molecule has 0 fully saturated rings. The van der Waals surface area contributed by atoms with Gasteiger partial charge in [0.05, 0.1) is 0 Å². The van der Waals surface area contributed by atoms with E-state index in [1.54, 1.807) is 25.1 Å². The molecule has 0 amide bonds. The zero-order valence-corrected chi connectivity index (χ0v) is 11.4. The zero-order valence-electron chi connectivity index (χ0n) is 9.21. The first kappa shape index (κ1) is 12.2. The van der Waals surface area contributed by atoms with Crippen molar-refractivity contribution in [3.63, 3.8) is 0 Å². The first-order valence-electron chi connectivity index (χ1n) is 5.14. The molecule has 0 radical (unpaired) electrons. The fraction of sp³-hybridized carbons (Fsp3) is 0.0714. The van der Waals surface area contributed by atoms with Gasteiger partial charge in [-0.15, -0.1) is 0 Å². The highest BCUT2D eigenvalue weighted by molar-refractivity contribution is 14.1. The van der Waals surface area contributed by atoms with Crippen molar-refractivity contribution in [3.05, 3.63) is 68.5 Å². The number of ketones is 1. The van der Waals surface area contributed by atoms with Crippen LogP contribution >= 0.6 is 22.6 Å². The summed E-state index contributed by atoms with van der Waals surface area (Å²) < 4.78 is 14.2. The van der Waals surface area contributed by atoms with Crippen LogP contribution in [0.3, 0.4) is 0 Å². The number of halogens is 2. The normalized spacial score (nSPS) is 10.3. The van der Waals surface area contributed by atoms with Crippen LogP contribution < -0.4 is 0 Å². The van der Waals surface area contributed by atoms with E-state index in [-0.39, 0.29) is 11.6 Å². The van der Waals surface area contributed by atoms with E-state index in [2.05, 4.69) is 22.6 Å². The number of aryl methyl sites for hydroxylation is 1. The van der Waals surface area contributed by atoms with Gasteiger partial charge in [0.1, 0.15) is 5.82 Å². The SMILES string of the molecule is Cc1cc(F)cc(C(=O)c2cccc(I)c2)c1. The molecule has 0 saturated carbocycles. The molecule has 1 nitrogen and oxygen atoms in total. The number of hydrogen-bond acceptors (Lipinski definition) is 1. The van der Waals surface area contributed by atoms with Crippen LogP contribution in [0, 0.1) is 16.3 Å². The van der Waals surface area contributed by atoms with Gasteiger partial charge < -0.3 is 0 Å². The topological polar surface area (TPSA) is 17.1 Å². The van der Waals surface area contributed by atoms with Crippen LogP contribution in [0.15, 0.2) is 42.5 Å². The van der Waals surface area contributed by atoms with Gasteiger partial charge in [-0.3, -0.25) is 4.79 Å². The summed E-state index contributed by atoms with van der Waals surface area (Å²) >= 11 is 2.15. The Morgan fingerprint density at radius 1 is 1.12 bits per heavy atom. The molecule has 0 aliphatic rings. The third kappa shape index (κ3) is 2.91. The van der Waals surface area contributed by atoms with Crippen molar-refractivity contribution in [1.82, 2.24) is 0 Å². The molecular weight excluding hydrogens is 330 g/mol. The summed E-state index contributed by atoms with van der Waals surface area (Å²) in [5.41, 5.74) is 1.73. The summed E-state index contributed by atoms with van der Waals surface area (Å²) in [6, 6.07) is 11.6. The van der Waals surface area contributed by atoms with E-state index in [4.69, 9.17) is 0 Å². The van der Waals surface area contributed by atoms with Crippen molar-refractivity contribution >= 4 is 28.4 Å². The summed E-state index contributed by atoms with van der Waals surface area (Å²) in [7, 11) is 0. The van der Waals surface area contributed by atoms with Gasteiger partial charge in [0.15, 0.2) is 5.78 Å². The summed E-state index contributed by atoms with van der Waals surface area (Å²) in [5.74, 6) is -0.523. The van der Waals surface area contributed by atoms with Gasteiger partial charge in [-0.2, -0.15) is 0 Å². The number of rotatable bonds is 2. The average molecular weight is 340 g/mol. The second kappa shape index (κ2) is 4.96. The van der Waals surface area contributed by atoms with E-state index in [0.29, 0.717) is 11.1 Å². The molecule has 3 heteroatoms. The molecule has 2 aromatic rings. The fourth-order valence-electron chi connectivity index (χ4n) is 1.66. The number of carbonyl (C=O) groups excluding carboxylic acids is 1. The lowest BCUT2D eigenvalue weighted by atomic mass is 10.0. The van der Waals surface area contributed by atoms with Gasteiger partial charge >= 0.3 is 0 Å². The molecule has 0 N–H and O–H groups in total. The maximum absolute atomic E-state index is 13.2. The predicted molar refractivity (Wildman–Crippen MR) is 73.7 cm³/mol. The summed E-state index contributed by atoms with van der Waals surface area (Å²) in [5, 5.41) is 0. The lowest BCUT2D eigenvalue weighted by molar-refractivity contribution is 0.103. The van der Waals surface area contributed by atoms with Gasteiger partial charge in [-0.25, -0.2) is 4.39 Å². The van der Waals surface area contributed by atoms with E-state index in [0.717, 1.165) is 9.13 Å². The molecule has 0 aromatic heterocycles. The molecular formula is C14H10FIO. The van der Waals surface area contributed by atoms with Crippen molar-refractivity contribution in [2.45, 2.75) is 6.92 Å². The van der Waals surface area contributed by atoms with Crippen LogP contribution in [0.2, 0.25) is 0 Å². The maximum Gasteiger partial charge on any atom is 0.193 e. The number of carbonyl (C=O) groups is 1. The van der Waals surface area contributed by atoms with Crippen LogP contribution in [0.1, 0.15) is 21.5 Å². The quantitative estimate of drug-likeness (QED) is 0.597. The summed E-state index contributed by atoms with van der Waals surface area (Å²) in [6.07, 6.45) is 0. The molecule has 0 aliphatic carbocycles.